The van der Waals surface area contributed by atoms with Crippen LogP contribution in [0.1, 0.15) is 48.0 Å². The van der Waals surface area contributed by atoms with Crippen LogP contribution in [0.15, 0.2) is 12.7 Å². The second-order valence-corrected chi connectivity index (χ2v) is 8.22. The van der Waals surface area contributed by atoms with Gasteiger partial charge in [-0.25, -0.2) is 0 Å². The zero-order valence-corrected chi connectivity index (χ0v) is 15.0. The largest absolute Gasteiger partial charge is 0.501 e. The van der Waals surface area contributed by atoms with Gasteiger partial charge < -0.3 is 18.0 Å². The Morgan fingerprint density at radius 3 is 1.70 bits per heavy atom. The molecule has 0 unspecified atom stereocenters. The molecular formula is C15H32O4Si. The van der Waals surface area contributed by atoms with Gasteiger partial charge in [0.25, 0.3) is 0 Å². The summed E-state index contributed by atoms with van der Waals surface area (Å²) in [5, 5.41) is 0. The molecule has 0 aliphatic heterocycles. The lowest BCUT2D eigenvalue weighted by Gasteiger charge is -2.34. The average molecular weight is 305 g/mol. The Labute approximate surface area is 125 Å². The molecule has 0 saturated heterocycles. The number of hydrogen-bond donors (Lipinski definition) is 0. The predicted octanol–water partition coefficient (Wildman–Crippen LogP) is 3.79. The molecular weight excluding hydrogens is 272 g/mol. The lowest BCUT2D eigenvalue weighted by atomic mass is 10.5. The van der Waals surface area contributed by atoms with Gasteiger partial charge in [0.1, 0.15) is 0 Å². The van der Waals surface area contributed by atoms with Crippen molar-refractivity contribution < 1.29 is 18.0 Å². The molecule has 0 bridgehead atoms. The molecule has 0 fully saturated rings. The topological polar surface area (TPSA) is 36.9 Å². The Hall–Kier alpha value is -0.203. The molecule has 0 radical (unpaired) electrons. The van der Waals surface area contributed by atoms with Crippen molar-refractivity contribution in [3.63, 3.8) is 0 Å². The minimum Gasteiger partial charge on any atom is -0.377 e. The smallest absolute Gasteiger partial charge is 0.377 e. The van der Waals surface area contributed by atoms with Crippen LogP contribution in [0.3, 0.4) is 0 Å². The van der Waals surface area contributed by atoms with E-state index in [-0.39, 0.29) is 18.3 Å². The van der Waals surface area contributed by atoms with Crippen LogP contribution in [0.5, 0.6) is 0 Å². The van der Waals surface area contributed by atoms with Crippen molar-refractivity contribution in [2.75, 3.05) is 13.2 Å². The molecule has 0 aliphatic carbocycles. The Bertz CT molecular complexity index is 228. The standard InChI is InChI=1S/C15H32O4Si/c1-8-10-16-11-9-12-20(17-13(2)3,18-14(4)5)19-15(6)7/h8,13-15H,1,9-12H2,2-7H3. The molecule has 0 aromatic carbocycles. The molecule has 0 spiro atoms. The fourth-order valence-corrected chi connectivity index (χ4v) is 5.15. The third-order valence-corrected chi connectivity index (χ3v) is 5.71. The summed E-state index contributed by atoms with van der Waals surface area (Å²) in [6.07, 6.45) is 2.89. The van der Waals surface area contributed by atoms with Crippen molar-refractivity contribution in [2.45, 2.75) is 72.3 Å². The average Bonchev–Trinajstić information content (AvgIpc) is 2.25. The molecule has 0 aromatic rings. The van der Waals surface area contributed by atoms with Gasteiger partial charge in [-0.15, -0.1) is 6.58 Å². The van der Waals surface area contributed by atoms with E-state index in [1.54, 1.807) is 6.08 Å². The highest BCUT2D eigenvalue weighted by Gasteiger charge is 2.43. The second-order valence-electron chi connectivity index (χ2n) is 5.65. The van der Waals surface area contributed by atoms with E-state index in [0.29, 0.717) is 13.2 Å². The summed E-state index contributed by atoms with van der Waals surface area (Å²) < 4.78 is 23.7. The zero-order chi connectivity index (χ0) is 15.6. The second kappa shape index (κ2) is 10.5. The predicted molar refractivity (Wildman–Crippen MR) is 84.9 cm³/mol. The molecule has 0 aliphatic rings. The van der Waals surface area contributed by atoms with Gasteiger partial charge in [0.2, 0.25) is 0 Å². The monoisotopic (exact) mass is 304 g/mol. The minimum absolute atomic E-state index is 0.0910. The van der Waals surface area contributed by atoms with Crippen LogP contribution in [0.25, 0.3) is 0 Å². The summed E-state index contributed by atoms with van der Waals surface area (Å²) in [6, 6.07) is 0.776. The van der Waals surface area contributed by atoms with E-state index in [2.05, 4.69) is 6.58 Å². The lowest BCUT2D eigenvalue weighted by molar-refractivity contribution is 0.00143. The molecule has 120 valence electrons. The van der Waals surface area contributed by atoms with Gasteiger partial charge in [-0.2, -0.15) is 0 Å². The van der Waals surface area contributed by atoms with Gasteiger partial charge in [-0.1, -0.05) is 6.08 Å². The van der Waals surface area contributed by atoms with Crippen molar-refractivity contribution in [1.82, 2.24) is 0 Å². The fourth-order valence-electron chi connectivity index (χ4n) is 1.89. The lowest BCUT2D eigenvalue weighted by Crippen LogP contribution is -2.50. The molecule has 20 heavy (non-hydrogen) atoms. The first-order valence-corrected chi connectivity index (χ1v) is 9.46. The van der Waals surface area contributed by atoms with Crippen molar-refractivity contribution in [3.8, 4) is 0 Å². The highest BCUT2D eigenvalue weighted by Crippen LogP contribution is 2.23. The van der Waals surface area contributed by atoms with Crippen molar-refractivity contribution in [1.29, 1.82) is 0 Å². The maximum atomic E-state index is 6.08. The Morgan fingerprint density at radius 1 is 0.900 bits per heavy atom. The van der Waals surface area contributed by atoms with Crippen molar-refractivity contribution in [2.24, 2.45) is 0 Å². The zero-order valence-electron chi connectivity index (χ0n) is 14.0. The van der Waals surface area contributed by atoms with Gasteiger partial charge in [0, 0.05) is 31.0 Å². The third-order valence-electron chi connectivity index (χ3n) is 2.25. The van der Waals surface area contributed by atoms with E-state index < -0.39 is 8.80 Å². The molecule has 0 amide bonds. The number of ether oxygens (including phenoxy) is 1. The molecule has 0 saturated carbocycles. The summed E-state index contributed by atoms with van der Waals surface area (Å²) in [6.45, 7) is 17.0. The number of rotatable bonds is 12. The molecule has 0 atom stereocenters. The minimum atomic E-state index is -2.65. The summed E-state index contributed by atoms with van der Waals surface area (Å²) >= 11 is 0. The molecule has 0 heterocycles. The van der Waals surface area contributed by atoms with Gasteiger partial charge in [0.15, 0.2) is 0 Å². The van der Waals surface area contributed by atoms with Crippen molar-refractivity contribution >= 4 is 8.80 Å². The summed E-state index contributed by atoms with van der Waals surface area (Å²) in [7, 11) is -2.65. The summed E-state index contributed by atoms with van der Waals surface area (Å²) in [4.78, 5) is 0. The Balaban J connectivity index is 4.63. The Morgan fingerprint density at radius 2 is 1.35 bits per heavy atom. The normalized spacial score (nSPS) is 12.7. The van der Waals surface area contributed by atoms with E-state index in [9.17, 15) is 0 Å². The summed E-state index contributed by atoms with van der Waals surface area (Å²) in [5.74, 6) is 0. The van der Waals surface area contributed by atoms with Gasteiger partial charge in [-0.05, 0) is 48.0 Å². The maximum Gasteiger partial charge on any atom is 0.501 e. The van der Waals surface area contributed by atoms with Crippen LogP contribution >= 0.6 is 0 Å². The Kier molecular flexibility index (Phi) is 10.4. The van der Waals surface area contributed by atoms with E-state index in [1.165, 1.54) is 0 Å². The molecule has 5 heteroatoms. The third kappa shape index (κ3) is 9.66. The molecule has 4 nitrogen and oxygen atoms in total. The van der Waals surface area contributed by atoms with E-state index in [0.717, 1.165) is 12.5 Å². The number of hydrogen-bond acceptors (Lipinski definition) is 4. The van der Waals surface area contributed by atoms with Crippen LogP contribution in [-0.4, -0.2) is 40.3 Å². The van der Waals surface area contributed by atoms with E-state index >= 15 is 0 Å². The van der Waals surface area contributed by atoms with Gasteiger partial charge >= 0.3 is 8.80 Å². The van der Waals surface area contributed by atoms with Crippen LogP contribution < -0.4 is 0 Å². The molecule has 0 N–H and O–H groups in total. The first-order chi connectivity index (χ1) is 9.31. The highest BCUT2D eigenvalue weighted by atomic mass is 28.4. The first-order valence-electron chi connectivity index (χ1n) is 7.53. The first kappa shape index (κ1) is 19.8. The maximum absolute atomic E-state index is 6.08. The SMILES string of the molecule is C=CCOCCC[Si](OC(C)C)(OC(C)C)OC(C)C. The van der Waals surface area contributed by atoms with Crippen LogP contribution in [0, 0.1) is 0 Å². The van der Waals surface area contributed by atoms with Gasteiger partial charge in [0.05, 0.1) is 6.61 Å². The van der Waals surface area contributed by atoms with E-state index in [4.69, 9.17) is 18.0 Å². The quantitative estimate of drug-likeness (QED) is 0.312. The molecule has 0 aromatic heterocycles. The van der Waals surface area contributed by atoms with Crippen LogP contribution in [0.4, 0.5) is 0 Å². The van der Waals surface area contributed by atoms with Crippen LogP contribution in [-0.2, 0) is 18.0 Å². The van der Waals surface area contributed by atoms with Gasteiger partial charge in [-0.3, -0.25) is 0 Å². The van der Waals surface area contributed by atoms with Crippen LogP contribution in [0.2, 0.25) is 6.04 Å². The van der Waals surface area contributed by atoms with E-state index in [1.807, 2.05) is 41.5 Å². The highest BCUT2D eigenvalue weighted by molar-refractivity contribution is 6.60. The van der Waals surface area contributed by atoms with Crippen molar-refractivity contribution in [3.05, 3.63) is 12.7 Å². The molecule has 0 rings (SSSR count). The summed E-state index contributed by atoms with van der Waals surface area (Å²) in [5.41, 5.74) is 0. The fraction of sp³-hybridized carbons (Fsp3) is 0.867.